The van der Waals surface area contributed by atoms with Crippen LogP contribution in [0.2, 0.25) is 0 Å². The van der Waals surface area contributed by atoms with Gasteiger partial charge in [0.1, 0.15) is 0 Å². The SMILES string of the molecule is CC(C)(C)NCC1(C2CCC2)CCOC1C1CC1. The zero-order chi connectivity index (χ0) is 12.8. The maximum Gasteiger partial charge on any atom is 0.0675 e. The van der Waals surface area contributed by atoms with Crippen molar-refractivity contribution in [3.05, 3.63) is 0 Å². The van der Waals surface area contributed by atoms with Gasteiger partial charge in [-0.2, -0.15) is 0 Å². The third kappa shape index (κ3) is 2.34. The Morgan fingerprint density at radius 2 is 1.89 bits per heavy atom. The highest BCUT2D eigenvalue weighted by molar-refractivity contribution is 5.06. The maximum atomic E-state index is 6.17. The highest BCUT2D eigenvalue weighted by atomic mass is 16.5. The van der Waals surface area contributed by atoms with Gasteiger partial charge in [-0.3, -0.25) is 0 Å². The van der Waals surface area contributed by atoms with Crippen molar-refractivity contribution in [2.75, 3.05) is 13.2 Å². The molecule has 18 heavy (non-hydrogen) atoms. The summed E-state index contributed by atoms with van der Waals surface area (Å²) in [6, 6.07) is 0. The smallest absolute Gasteiger partial charge is 0.0675 e. The first-order valence-corrected chi connectivity index (χ1v) is 7.88. The van der Waals surface area contributed by atoms with Crippen LogP contribution in [0.1, 0.15) is 59.3 Å². The Balaban J connectivity index is 1.74. The van der Waals surface area contributed by atoms with Crippen molar-refractivity contribution in [3.63, 3.8) is 0 Å². The van der Waals surface area contributed by atoms with E-state index in [0.29, 0.717) is 11.5 Å². The zero-order valence-electron chi connectivity index (χ0n) is 12.3. The van der Waals surface area contributed by atoms with Crippen LogP contribution in [-0.2, 0) is 4.74 Å². The fourth-order valence-corrected chi connectivity index (χ4v) is 3.87. The van der Waals surface area contributed by atoms with E-state index in [9.17, 15) is 0 Å². The summed E-state index contributed by atoms with van der Waals surface area (Å²) in [6.45, 7) is 9.02. The monoisotopic (exact) mass is 251 g/mol. The number of ether oxygens (including phenoxy) is 1. The van der Waals surface area contributed by atoms with Crippen molar-refractivity contribution in [3.8, 4) is 0 Å². The lowest BCUT2D eigenvalue weighted by molar-refractivity contribution is -0.0271. The van der Waals surface area contributed by atoms with Crippen LogP contribution < -0.4 is 5.32 Å². The molecule has 0 amide bonds. The molecule has 1 saturated heterocycles. The molecule has 2 unspecified atom stereocenters. The molecular weight excluding hydrogens is 222 g/mol. The van der Waals surface area contributed by atoms with E-state index in [2.05, 4.69) is 26.1 Å². The first-order chi connectivity index (χ1) is 8.51. The van der Waals surface area contributed by atoms with Crippen LogP contribution in [0.3, 0.4) is 0 Å². The number of rotatable bonds is 4. The molecule has 0 bridgehead atoms. The lowest BCUT2D eigenvalue weighted by Crippen LogP contribution is -2.53. The Kier molecular flexibility index (Phi) is 3.22. The standard InChI is InChI=1S/C16H29NO/c1-15(2,3)17-11-16(13-5-4-6-13)9-10-18-14(16)12-7-8-12/h12-14,17H,4-11H2,1-3H3. The molecule has 2 saturated carbocycles. The molecule has 0 spiro atoms. The molecular formula is C16H29NO. The molecule has 2 atom stereocenters. The van der Waals surface area contributed by atoms with Gasteiger partial charge in [0.25, 0.3) is 0 Å². The predicted octanol–water partition coefficient (Wildman–Crippen LogP) is 3.36. The van der Waals surface area contributed by atoms with Crippen molar-refractivity contribution in [2.24, 2.45) is 17.3 Å². The van der Waals surface area contributed by atoms with E-state index in [0.717, 1.165) is 18.4 Å². The van der Waals surface area contributed by atoms with Gasteiger partial charge in [-0.25, -0.2) is 0 Å². The van der Waals surface area contributed by atoms with Gasteiger partial charge in [-0.05, 0) is 64.7 Å². The number of hydrogen-bond acceptors (Lipinski definition) is 2. The van der Waals surface area contributed by atoms with Crippen LogP contribution in [0.5, 0.6) is 0 Å². The van der Waals surface area contributed by atoms with E-state index in [1.807, 2.05) is 0 Å². The molecule has 2 aliphatic carbocycles. The van der Waals surface area contributed by atoms with Gasteiger partial charge >= 0.3 is 0 Å². The Morgan fingerprint density at radius 3 is 2.39 bits per heavy atom. The second-order valence-electron chi connectivity index (χ2n) is 7.84. The zero-order valence-corrected chi connectivity index (χ0v) is 12.3. The molecule has 0 radical (unpaired) electrons. The van der Waals surface area contributed by atoms with E-state index in [4.69, 9.17) is 4.74 Å². The van der Waals surface area contributed by atoms with Crippen LogP contribution in [0, 0.1) is 17.3 Å². The van der Waals surface area contributed by atoms with E-state index < -0.39 is 0 Å². The van der Waals surface area contributed by atoms with Gasteiger partial charge < -0.3 is 10.1 Å². The number of hydrogen-bond donors (Lipinski definition) is 1. The predicted molar refractivity (Wildman–Crippen MR) is 74.6 cm³/mol. The van der Waals surface area contributed by atoms with Gasteiger partial charge in [0.2, 0.25) is 0 Å². The minimum Gasteiger partial charge on any atom is -0.377 e. The van der Waals surface area contributed by atoms with E-state index in [1.54, 1.807) is 0 Å². The van der Waals surface area contributed by atoms with Gasteiger partial charge in [-0.1, -0.05) is 6.42 Å². The minimum atomic E-state index is 0.230. The summed E-state index contributed by atoms with van der Waals surface area (Å²) >= 11 is 0. The molecule has 0 aromatic carbocycles. The molecule has 2 nitrogen and oxygen atoms in total. The van der Waals surface area contributed by atoms with Crippen LogP contribution >= 0.6 is 0 Å². The molecule has 0 aromatic rings. The van der Waals surface area contributed by atoms with Gasteiger partial charge in [0.05, 0.1) is 6.10 Å². The minimum absolute atomic E-state index is 0.230. The van der Waals surface area contributed by atoms with Crippen molar-refractivity contribution in [1.82, 2.24) is 5.32 Å². The number of nitrogens with one attached hydrogen (secondary N) is 1. The largest absolute Gasteiger partial charge is 0.377 e. The molecule has 3 rings (SSSR count). The highest BCUT2D eigenvalue weighted by Crippen LogP contribution is 2.56. The van der Waals surface area contributed by atoms with Crippen LogP contribution in [-0.4, -0.2) is 24.8 Å². The topological polar surface area (TPSA) is 21.3 Å². The van der Waals surface area contributed by atoms with E-state index >= 15 is 0 Å². The molecule has 104 valence electrons. The molecule has 0 aromatic heterocycles. The summed E-state index contributed by atoms with van der Waals surface area (Å²) in [5.74, 6) is 1.82. The average Bonchev–Trinajstić information content (AvgIpc) is 2.95. The van der Waals surface area contributed by atoms with E-state index in [-0.39, 0.29) is 5.54 Å². The summed E-state index contributed by atoms with van der Waals surface area (Å²) in [5.41, 5.74) is 0.695. The Labute approximate surface area is 112 Å². The van der Waals surface area contributed by atoms with Crippen LogP contribution in [0.25, 0.3) is 0 Å². The highest BCUT2D eigenvalue weighted by Gasteiger charge is 2.55. The van der Waals surface area contributed by atoms with Crippen LogP contribution in [0.4, 0.5) is 0 Å². The summed E-state index contributed by atoms with van der Waals surface area (Å²) in [6.07, 6.45) is 9.01. The molecule has 1 heterocycles. The van der Waals surface area contributed by atoms with Gasteiger partial charge in [0, 0.05) is 24.1 Å². The molecule has 3 fully saturated rings. The third-order valence-corrected chi connectivity index (χ3v) is 5.35. The van der Waals surface area contributed by atoms with Crippen molar-refractivity contribution in [1.29, 1.82) is 0 Å². The average molecular weight is 251 g/mol. The van der Waals surface area contributed by atoms with Gasteiger partial charge in [-0.15, -0.1) is 0 Å². The summed E-state index contributed by atoms with van der Waals surface area (Å²) in [7, 11) is 0. The first kappa shape index (κ1) is 12.9. The second-order valence-corrected chi connectivity index (χ2v) is 7.84. The lowest BCUT2D eigenvalue weighted by Gasteiger charge is -2.47. The third-order valence-electron chi connectivity index (χ3n) is 5.35. The molecule has 1 N–H and O–H groups in total. The Morgan fingerprint density at radius 1 is 1.17 bits per heavy atom. The molecule has 3 aliphatic rings. The molecule has 2 heteroatoms. The second kappa shape index (κ2) is 4.49. The summed E-state index contributed by atoms with van der Waals surface area (Å²) in [5, 5.41) is 3.79. The van der Waals surface area contributed by atoms with Crippen LogP contribution in [0.15, 0.2) is 0 Å². The molecule has 1 aliphatic heterocycles. The van der Waals surface area contributed by atoms with Gasteiger partial charge in [0.15, 0.2) is 0 Å². The quantitative estimate of drug-likeness (QED) is 0.827. The fraction of sp³-hybridized carbons (Fsp3) is 1.00. The normalized spacial score (nSPS) is 37.8. The fourth-order valence-electron chi connectivity index (χ4n) is 3.87. The summed E-state index contributed by atoms with van der Waals surface area (Å²) < 4.78 is 6.17. The van der Waals surface area contributed by atoms with Crippen molar-refractivity contribution < 1.29 is 4.74 Å². The van der Waals surface area contributed by atoms with Crippen molar-refractivity contribution >= 4 is 0 Å². The maximum absolute atomic E-state index is 6.17. The van der Waals surface area contributed by atoms with E-state index in [1.165, 1.54) is 45.1 Å². The van der Waals surface area contributed by atoms with Crippen molar-refractivity contribution in [2.45, 2.75) is 70.9 Å². The lowest BCUT2D eigenvalue weighted by atomic mass is 9.60. The summed E-state index contributed by atoms with van der Waals surface area (Å²) in [4.78, 5) is 0. The Hall–Kier alpha value is -0.0800. The Bertz CT molecular complexity index is 301. The first-order valence-electron chi connectivity index (χ1n) is 7.88.